The SMILES string of the molecule is O=C(c1ccc([N+](=O)[O-])cc1)N1CC[NH+](C2CCCC2)CC1. The van der Waals surface area contributed by atoms with Crippen LogP contribution >= 0.6 is 0 Å². The van der Waals surface area contributed by atoms with Crippen LogP contribution in [0.2, 0.25) is 0 Å². The van der Waals surface area contributed by atoms with Gasteiger partial charge in [0.25, 0.3) is 11.6 Å². The van der Waals surface area contributed by atoms with Crippen LogP contribution in [0.25, 0.3) is 0 Å². The zero-order valence-electron chi connectivity index (χ0n) is 12.7. The quantitative estimate of drug-likeness (QED) is 0.666. The predicted octanol–water partition coefficient (Wildman–Crippen LogP) is 0.878. The molecule has 1 saturated carbocycles. The van der Waals surface area contributed by atoms with Crippen molar-refractivity contribution in [2.75, 3.05) is 26.2 Å². The Morgan fingerprint density at radius 1 is 1.14 bits per heavy atom. The fraction of sp³-hybridized carbons (Fsp3) is 0.562. The van der Waals surface area contributed by atoms with Crippen molar-refractivity contribution in [1.82, 2.24) is 4.90 Å². The molecule has 22 heavy (non-hydrogen) atoms. The molecule has 6 nitrogen and oxygen atoms in total. The first-order valence-electron chi connectivity index (χ1n) is 8.03. The Balaban J connectivity index is 1.58. The number of rotatable bonds is 3. The van der Waals surface area contributed by atoms with Gasteiger partial charge in [0.05, 0.1) is 37.1 Å². The highest BCUT2D eigenvalue weighted by molar-refractivity contribution is 5.94. The van der Waals surface area contributed by atoms with Crippen molar-refractivity contribution in [3.05, 3.63) is 39.9 Å². The van der Waals surface area contributed by atoms with E-state index in [1.165, 1.54) is 37.8 Å². The lowest BCUT2D eigenvalue weighted by molar-refractivity contribution is -0.928. The van der Waals surface area contributed by atoms with Gasteiger partial charge >= 0.3 is 0 Å². The van der Waals surface area contributed by atoms with Gasteiger partial charge in [0.15, 0.2) is 0 Å². The molecule has 0 bridgehead atoms. The first-order chi connectivity index (χ1) is 10.6. The summed E-state index contributed by atoms with van der Waals surface area (Å²) < 4.78 is 0. The van der Waals surface area contributed by atoms with E-state index in [2.05, 4.69) is 0 Å². The molecule has 2 fully saturated rings. The van der Waals surface area contributed by atoms with E-state index in [-0.39, 0.29) is 11.6 Å². The Bertz CT molecular complexity index is 544. The maximum absolute atomic E-state index is 12.5. The topological polar surface area (TPSA) is 67.9 Å². The van der Waals surface area contributed by atoms with Crippen LogP contribution in [0.4, 0.5) is 5.69 Å². The third-order valence-corrected chi connectivity index (χ3v) is 4.95. The molecule has 1 aliphatic heterocycles. The van der Waals surface area contributed by atoms with Crippen LogP contribution < -0.4 is 4.90 Å². The van der Waals surface area contributed by atoms with Crippen LogP contribution in [0.1, 0.15) is 36.0 Å². The molecule has 1 heterocycles. The number of nitro groups is 1. The number of quaternary nitrogens is 1. The lowest BCUT2D eigenvalue weighted by Gasteiger charge is -2.35. The van der Waals surface area contributed by atoms with Gasteiger partial charge in [-0.3, -0.25) is 14.9 Å². The Morgan fingerprint density at radius 2 is 1.73 bits per heavy atom. The number of piperazine rings is 1. The molecule has 0 spiro atoms. The first kappa shape index (κ1) is 15.0. The normalized spacial score (nSPS) is 20.3. The van der Waals surface area contributed by atoms with Crippen molar-refractivity contribution >= 4 is 11.6 Å². The second kappa shape index (κ2) is 6.44. The van der Waals surface area contributed by atoms with Crippen LogP contribution in [0, 0.1) is 10.1 Å². The van der Waals surface area contributed by atoms with Crippen LogP contribution in [0.3, 0.4) is 0 Å². The van der Waals surface area contributed by atoms with Crippen LogP contribution in [-0.2, 0) is 0 Å². The van der Waals surface area contributed by atoms with E-state index in [0.29, 0.717) is 5.56 Å². The van der Waals surface area contributed by atoms with E-state index in [4.69, 9.17) is 0 Å². The summed E-state index contributed by atoms with van der Waals surface area (Å²) in [6, 6.07) is 6.69. The van der Waals surface area contributed by atoms with Crippen molar-refractivity contribution in [3.8, 4) is 0 Å². The number of nitro benzene ring substituents is 1. The van der Waals surface area contributed by atoms with Crippen LogP contribution in [0.15, 0.2) is 24.3 Å². The molecule has 6 heteroatoms. The molecule has 1 N–H and O–H groups in total. The van der Waals surface area contributed by atoms with E-state index < -0.39 is 4.92 Å². The fourth-order valence-electron chi connectivity index (χ4n) is 3.65. The Kier molecular flexibility index (Phi) is 4.38. The Morgan fingerprint density at radius 3 is 2.27 bits per heavy atom. The lowest BCUT2D eigenvalue weighted by Crippen LogP contribution is -3.18. The molecule has 1 aliphatic carbocycles. The van der Waals surface area contributed by atoms with Gasteiger partial charge in [0, 0.05) is 17.7 Å². The van der Waals surface area contributed by atoms with E-state index in [1.54, 1.807) is 17.0 Å². The number of nitrogens with one attached hydrogen (secondary N) is 1. The van der Waals surface area contributed by atoms with Crippen molar-refractivity contribution in [2.24, 2.45) is 0 Å². The number of non-ortho nitro benzene ring substituents is 1. The molecule has 1 aromatic carbocycles. The molecular weight excluding hydrogens is 282 g/mol. The molecule has 1 amide bonds. The summed E-state index contributed by atoms with van der Waals surface area (Å²) in [5, 5.41) is 10.7. The molecule has 1 aromatic rings. The third kappa shape index (κ3) is 3.11. The van der Waals surface area contributed by atoms with Crippen molar-refractivity contribution in [2.45, 2.75) is 31.7 Å². The second-order valence-corrected chi connectivity index (χ2v) is 6.24. The largest absolute Gasteiger partial charge is 0.330 e. The summed E-state index contributed by atoms with van der Waals surface area (Å²) >= 11 is 0. The average Bonchev–Trinajstić information content (AvgIpc) is 3.09. The number of carbonyl (C=O) groups excluding carboxylic acids is 1. The maximum Gasteiger partial charge on any atom is 0.269 e. The zero-order chi connectivity index (χ0) is 15.5. The van der Waals surface area contributed by atoms with Gasteiger partial charge in [-0.1, -0.05) is 0 Å². The highest BCUT2D eigenvalue weighted by atomic mass is 16.6. The molecule has 2 aliphatic rings. The minimum atomic E-state index is -0.446. The van der Waals surface area contributed by atoms with E-state index in [1.807, 2.05) is 4.90 Å². The molecule has 0 atom stereocenters. The van der Waals surface area contributed by atoms with Gasteiger partial charge < -0.3 is 9.80 Å². The maximum atomic E-state index is 12.5. The van der Waals surface area contributed by atoms with Crippen molar-refractivity contribution in [3.63, 3.8) is 0 Å². The van der Waals surface area contributed by atoms with Crippen molar-refractivity contribution in [1.29, 1.82) is 0 Å². The van der Waals surface area contributed by atoms with Crippen LogP contribution in [0.5, 0.6) is 0 Å². The standard InChI is InChI=1S/C16H21N3O3/c20-16(13-5-7-15(8-6-13)19(21)22)18-11-9-17(10-12-18)14-3-1-2-4-14/h5-8,14H,1-4,9-12H2/p+1. The number of benzene rings is 1. The number of hydrogen-bond donors (Lipinski definition) is 1. The Hall–Kier alpha value is -1.95. The van der Waals surface area contributed by atoms with Gasteiger partial charge in [-0.15, -0.1) is 0 Å². The summed E-state index contributed by atoms with van der Waals surface area (Å²) in [5.41, 5.74) is 0.557. The number of hydrogen-bond acceptors (Lipinski definition) is 3. The molecule has 0 unspecified atom stereocenters. The summed E-state index contributed by atoms with van der Waals surface area (Å²) in [5.74, 6) is -0.0135. The second-order valence-electron chi connectivity index (χ2n) is 6.24. The van der Waals surface area contributed by atoms with E-state index in [9.17, 15) is 14.9 Å². The summed E-state index contributed by atoms with van der Waals surface area (Å²) in [7, 11) is 0. The third-order valence-electron chi connectivity index (χ3n) is 4.95. The monoisotopic (exact) mass is 304 g/mol. The summed E-state index contributed by atoms with van der Waals surface area (Å²) in [6.07, 6.45) is 5.34. The molecular formula is C16H22N3O3+. The average molecular weight is 304 g/mol. The molecule has 1 saturated heterocycles. The minimum absolute atomic E-state index is 0.0135. The van der Waals surface area contributed by atoms with Gasteiger partial charge in [-0.25, -0.2) is 0 Å². The summed E-state index contributed by atoms with van der Waals surface area (Å²) in [4.78, 5) is 26.2. The van der Waals surface area contributed by atoms with Crippen molar-refractivity contribution < 1.29 is 14.6 Å². The molecule has 0 radical (unpaired) electrons. The lowest BCUT2D eigenvalue weighted by atomic mass is 10.1. The minimum Gasteiger partial charge on any atom is -0.330 e. The zero-order valence-corrected chi connectivity index (χ0v) is 12.7. The highest BCUT2D eigenvalue weighted by Crippen LogP contribution is 2.16. The van der Waals surface area contributed by atoms with Gasteiger partial charge in [-0.2, -0.15) is 0 Å². The number of nitrogens with zero attached hydrogens (tertiary/aromatic N) is 2. The first-order valence-corrected chi connectivity index (χ1v) is 8.03. The molecule has 118 valence electrons. The predicted molar refractivity (Wildman–Crippen MR) is 82.0 cm³/mol. The number of carbonyl (C=O) groups is 1. The van der Waals surface area contributed by atoms with E-state index >= 15 is 0 Å². The highest BCUT2D eigenvalue weighted by Gasteiger charge is 2.31. The summed E-state index contributed by atoms with van der Waals surface area (Å²) in [6.45, 7) is 3.59. The Labute approximate surface area is 129 Å². The van der Waals surface area contributed by atoms with Crippen LogP contribution in [-0.4, -0.2) is 48.0 Å². The smallest absolute Gasteiger partial charge is 0.269 e. The van der Waals surface area contributed by atoms with Gasteiger partial charge in [-0.05, 0) is 37.8 Å². The van der Waals surface area contributed by atoms with Gasteiger partial charge in [0.2, 0.25) is 0 Å². The molecule has 3 rings (SSSR count). The van der Waals surface area contributed by atoms with Gasteiger partial charge in [0.1, 0.15) is 0 Å². The fourth-order valence-corrected chi connectivity index (χ4v) is 3.65. The number of amides is 1. The van der Waals surface area contributed by atoms with E-state index in [0.717, 1.165) is 32.2 Å². The molecule has 0 aromatic heterocycles.